The topological polar surface area (TPSA) is 157 Å². The van der Waals surface area contributed by atoms with Crippen LogP contribution >= 0.6 is 11.3 Å². The maximum Gasteiger partial charge on any atom is 0.434 e. The molecular weight excluding hydrogens is 635 g/mol. The van der Waals surface area contributed by atoms with Crippen molar-refractivity contribution in [3.63, 3.8) is 0 Å². The van der Waals surface area contributed by atoms with Gasteiger partial charge < -0.3 is 25.1 Å². The fourth-order valence-corrected chi connectivity index (χ4v) is 5.08. The number of nitrogens with two attached hydrogens (primary N) is 1. The van der Waals surface area contributed by atoms with Crippen molar-refractivity contribution in [2.45, 2.75) is 60.7 Å². The smallest absolute Gasteiger partial charge is 0.434 e. The molecule has 4 aromatic heterocycles. The lowest BCUT2D eigenvalue weighted by molar-refractivity contribution is -0.140. The predicted octanol–water partition coefficient (Wildman–Crippen LogP) is 6.88. The van der Waals surface area contributed by atoms with Crippen LogP contribution in [0.3, 0.4) is 0 Å². The molecule has 16 heteroatoms. The van der Waals surface area contributed by atoms with Crippen LogP contribution in [-0.4, -0.2) is 68.9 Å². The van der Waals surface area contributed by atoms with Gasteiger partial charge in [0.25, 0.3) is 0 Å². The quantitative estimate of drug-likeness (QED) is 0.136. The molecule has 4 aromatic rings. The van der Waals surface area contributed by atoms with Gasteiger partial charge in [0.05, 0.1) is 11.6 Å². The minimum atomic E-state index is -4.64. The van der Waals surface area contributed by atoms with Crippen LogP contribution in [0.1, 0.15) is 66.1 Å². The van der Waals surface area contributed by atoms with Gasteiger partial charge in [-0.2, -0.15) is 13.2 Å². The van der Waals surface area contributed by atoms with E-state index in [0.29, 0.717) is 36.4 Å². The Morgan fingerprint density at radius 3 is 2.40 bits per heavy atom. The maximum atomic E-state index is 13.6. The normalized spacial score (nSPS) is 12.1. The molecule has 47 heavy (non-hydrogen) atoms. The largest absolute Gasteiger partial charge is 0.476 e. The predicted molar refractivity (Wildman–Crippen MR) is 176 cm³/mol. The number of anilines is 1. The minimum absolute atomic E-state index is 0.0496. The Morgan fingerprint density at radius 1 is 1.06 bits per heavy atom. The molecule has 0 radical (unpaired) electrons. The molecule has 12 nitrogen and oxygen atoms in total. The van der Waals surface area contributed by atoms with Crippen molar-refractivity contribution in [2.24, 2.45) is 11.7 Å². The number of pyridine rings is 2. The highest BCUT2D eigenvalue weighted by molar-refractivity contribution is 7.13. The molecule has 1 atom stereocenters. The van der Waals surface area contributed by atoms with E-state index in [4.69, 9.17) is 14.9 Å². The summed E-state index contributed by atoms with van der Waals surface area (Å²) in [6, 6.07) is 2.15. The first-order valence-corrected chi connectivity index (χ1v) is 16.4. The van der Waals surface area contributed by atoms with Crippen molar-refractivity contribution in [2.75, 3.05) is 38.1 Å². The first kappa shape index (κ1) is 37.3. The third kappa shape index (κ3) is 9.68. The van der Waals surface area contributed by atoms with Crippen molar-refractivity contribution < 1.29 is 27.1 Å². The number of carbonyl (C=O) groups is 1. The molecule has 1 unspecified atom stereocenters. The molecule has 0 aromatic carbocycles. The Hall–Kier alpha value is -4.15. The first-order chi connectivity index (χ1) is 22.4. The van der Waals surface area contributed by atoms with Gasteiger partial charge in [0.2, 0.25) is 17.7 Å². The number of hydrogen-bond donors (Lipinski definition) is 3. The summed E-state index contributed by atoms with van der Waals surface area (Å²) >= 11 is 0.810. The zero-order valence-corrected chi connectivity index (χ0v) is 28.4. The number of halogens is 3. The number of thiazole rings is 1. The van der Waals surface area contributed by atoms with E-state index >= 15 is 0 Å². The van der Waals surface area contributed by atoms with Gasteiger partial charge in [-0.25, -0.2) is 19.7 Å². The summed E-state index contributed by atoms with van der Waals surface area (Å²) in [6.07, 6.45) is -1.70. The van der Waals surface area contributed by atoms with E-state index in [-0.39, 0.29) is 40.0 Å². The molecule has 256 valence electrons. The third-order valence-corrected chi connectivity index (χ3v) is 7.76. The van der Waals surface area contributed by atoms with Gasteiger partial charge in [-0.1, -0.05) is 41.5 Å². The standard InChI is InChI=1S/C29H36F3N9O3S.C2H6/c1-6-34-28(42)38-22-12-19(27-37-21(15-45-27)29(30,31)32)20(14-35-22)18-11-17(24-39-40-26(44-24)23(33)16(4)5)13-36-25(18)43-10-9-41(7-2)8-3;1-2/h11-16,23H,6-10,33H2,1-5H3,(H2,34,35,38,42);1-2H3. The van der Waals surface area contributed by atoms with Crippen LogP contribution in [0.5, 0.6) is 5.88 Å². The van der Waals surface area contributed by atoms with Gasteiger partial charge in [-0.05, 0) is 38.1 Å². The van der Waals surface area contributed by atoms with Crippen molar-refractivity contribution >= 4 is 23.2 Å². The summed E-state index contributed by atoms with van der Waals surface area (Å²) in [6.45, 7) is 16.6. The Bertz CT molecular complexity index is 1590. The fraction of sp³-hybridized carbons (Fsp3) is 0.484. The summed E-state index contributed by atoms with van der Waals surface area (Å²) in [5, 5.41) is 14.4. The van der Waals surface area contributed by atoms with Gasteiger partial charge in [-0.15, -0.1) is 21.5 Å². The molecule has 2 amide bonds. The molecule has 0 aliphatic heterocycles. The number of ether oxygens (including phenoxy) is 1. The van der Waals surface area contributed by atoms with E-state index in [0.717, 1.165) is 29.8 Å². The van der Waals surface area contributed by atoms with Crippen LogP contribution in [0.4, 0.5) is 23.8 Å². The summed E-state index contributed by atoms with van der Waals surface area (Å²) in [7, 11) is 0. The van der Waals surface area contributed by atoms with E-state index < -0.39 is 23.9 Å². The number of carbonyl (C=O) groups excluding carboxylic acids is 1. The highest BCUT2D eigenvalue weighted by atomic mass is 32.1. The highest BCUT2D eigenvalue weighted by Crippen LogP contribution is 2.41. The van der Waals surface area contributed by atoms with E-state index in [2.05, 4.69) is 40.7 Å². The van der Waals surface area contributed by atoms with Gasteiger partial charge >= 0.3 is 12.2 Å². The average Bonchev–Trinajstić information content (AvgIpc) is 3.75. The fourth-order valence-electron chi connectivity index (χ4n) is 4.22. The van der Waals surface area contributed by atoms with Gasteiger partial charge in [0, 0.05) is 47.6 Å². The molecular formula is C31H42F3N9O3S. The monoisotopic (exact) mass is 677 g/mol. The SMILES string of the molecule is CC.CCNC(=O)Nc1cc(-c2nc(C(F)(F)F)cs2)c(-c2cc(-c3nnc(C(N)C(C)C)o3)cnc2OCCN(CC)CC)cn1. The summed E-state index contributed by atoms with van der Waals surface area (Å²) < 4.78 is 52.7. The molecule has 0 saturated heterocycles. The molecule has 0 spiro atoms. The Balaban J connectivity index is 0.00000294. The number of urea groups is 1. The minimum Gasteiger partial charge on any atom is -0.476 e. The Kier molecular flexibility index (Phi) is 13.6. The van der Waals surface area contributed by atoms with Crippen molar-refractivity contribution in [3.05, 3.63) is 41.5 Å². The molecule has 0 saturated carbocycles. The molecule has 0 aliphatic rings. The zero-order valence-electron chi connectivity index (χ0n) is 27.6. The number of aromatic nitrogens is 5. The molecule has 0 aliphatic carbocycles. The van der Waals surface area contributed by atoms with Crippen LogP contribution < -0.4 is 21.1 Å². The average molecular weight is 678 g/mol. The van der Waals surface area contributed by atoms with Gasteiger partial charge in [0.1, 0.15) is 17.4 Å². The summed E-state index contributed by atoms with van der Waals surface area (Å²) in [5.41, 5.74) is 6.63. The lowest BCUT2D eigenvalue weighted by atomic mass is 10.0. The molecule has 4 N–H and O–H groups in total. The van der Waals surface area contributed by atoms with Crippen LogP contribution in [0.15, 0.2) is 34.3 Å². The number of alkyl halides is 3. The Labute approximate surface area is 276 Å². The summed E-state index contributed by atoms with van der Waals surface area (Å²) in [5.74, 6) is 0.785. The van der Waals surface area contributed by atoms with Gasteiger partial charge in [0.15, 0.2) is 5.69 Å². The lowest BCUT2D eigenvalue weighted by Crippen LogP contribution is -2.28. The second-order valence-electron chi connectivity index (χ2n) is 10.3. The van der Waals surface area contributed by atoms with E-state index in [9.17, 15) is 18.0 Å². The van der Waals surface area contributed by atoms with Crippen LogP contribution in [0.2, 0.25) is 0 Å². The van der Waals surface area contributed by atoms with Crippen LogP contribution in [0, 0.1) is 5.92 Å². The van der Waals surface area contributed by atoms with Gasteiger partial charge in [-0.3, -0.25) is 5.32 Å². The second-order valence-corrected chi connectivity index (χ2v) is 11.2. The maximum absolute atomic E-state index is 13.6. The van der Waals surface area contributed by atoms with E-state index in [1.807, 2.05) is 41.5 Å². The summed E-state index contributed by atoms with van der Waals surface area (Å²) in [4.78, 5) is 27.2. The first-order valence-electron chi connectivity index (χ1n) is 15.5. The highest BCUT2D eigenvalue weighted by Gasteiger charge is 2.34. The van der Waals surface area contributed by atoms with Crippen molar-refractivity contribution in [3.8, 4) is 39.0 Å². The lowest BCUT2D eigenvalue weighted by Gasteiger charge is -2.19. The van der Waals surface area contributed by atoms with Crippen LogP contribution in [0.25, 0.3) is 33.2 Å². The second kappa shape index (κ2) is 17.1. The number of nitrogens with zero attached hydrogens (tertiary/aromatic N) is 6. The molecule has 4 rings (SSSR count). The third-order valence-electron chi connectivity index (χ3n) is 6.88. The zero-order chi connectivity index (χ0) is 34.7. The molecule has 4 heterocycles. The molecule has 0 fully saturated rings. The molecule has 0 bridgehead atoms. The number of nitrogens with one attached hydrogen (secondary N) is 2. The van der Waals surface area contributed by atoms with E-state index in [1.165, 1.54) is 18.5 Å². The number of hydrogen-bond acceptors (Lipinski definition) is 11. The van der Waals surface area contributed by atoms with E-state index in [1.54, 1.807) is 13.0 Å². The van der Waals surface area contributed by atoms with Crippen molar-refractivity contribution in [1.29, 1.82) is 0 Å². The Morgan fingerprint density at radius 2 is 1.79 bits per heavy atom. The number of likely N-dealkylation sites (N-methyl/N-ethyl adjacent to an activating group) is 1. The number of amides is 2. The van der Waals surface area contributed by atoms with Crippen molar-refractivity contribution in [1.82, 2.24) is 35.4 Å². The number of rotatable bonds is 13. The van der Waals surface area contributed by atoms with Crippen LogP contribution in [-0.2, 0) is 6.18 Å².